The lowest BCUT2D eigenvalue weighted by atomic mass is 9.79. The summed E-state index contributed by atoms with van der Waals surface area (Å²) in [5.41, 5.74) is 0. The monoisotopic (exact) mass is 402 g/mol. The van der Waals surface area contributed by atoms with E-state index in [-0.39, 0.29) is 0 Å². The maximum absolute atomic E-state index is 11.3. The molecule has 4 unspecified atom stereocenters. The molecule has 0 aliphatic heterocycles. The molecule has 1 aliphatic rings. The van der Waals surface area contributed by atoms with Crippen molar-refractivity contribution in [2.45, 2.75) is 56.5 Å². The SMILES string of the molecule is CC(C)C(CCC1CCC(C=O)CC1SCCN(C)C)SCCN(C)C. The van der Waals surface area contributed by atoms with Crippen LogP contribution in [0.3, 0.4) is 0 Å². The van der Waals surface area contributed by atoms with Gasteiger partial charge in [0.05, 0.1) is 0 Å². The molecule has 1 fully saturated rings. The molecule has 0 bridgehead atoms. The minimum Gasteiger partial charge on any atom is -0.309 e. The number of hydrogen-bond donors (Lipinski definition) is 0. The molecule has 0 amide bonds. The summed E-state index contributed by atoms with van der Waals surface area (Å²) >= 11 is 4.28. The molecule has 0 aromatic heterocycles. The van der Waals surface area contributed by atoms with Crippen LogP contribution in [-0.2, 0) is 4.79 Å². The Labute approximate surface area is 171 Å². The number of carbonyl (C=O) groups is 1. The highest BCUT2D eigenvalue weighted by Gasteiger charge is 2.31. The van der Waals surface area contributed by atoms with Gasteiger partial charge in [-0.15, -0.1) is 0 Å². The first-order valence-electron chi connectivity index (χ1n) is 10.3. The van der Waals surface area contributed by atoms with Gasteiger partial charge in [0.15, 0.2) is 0 Å². The van der Waals surface area contributed by atoms with E-state index in [4.69, 9.17) is 0 Å². The van der Waals surface area contributed by atoms with Gasteiger partial charge in [-0.1, -0.05) is 13.8 Å². The van der Waals surface area contributed by atoms with Gasteiger partial charge in [-0.25, -0.2) is 0 Å². The Morgan fingerprint density at radius 2 is 1.69 bits per heavy atom. The number of hydrogen-bond acceptors (Lipinski definition) is 5. The zero-order chi connectivity index (χ0) is 19.5. The van der Waals surface area contributed by atoms with E-state index < -0.39 is 0 Å². The van der Waals surface area contributed by atoms with Gasteiger partial charge in [0, 0.05) is 41.0 Å². The number of rotatable bonds is 13. The topological polar surface area (TPSA) is 23.6 Å². The van der Waals surface area contributed by atoms with E-state index >= 15 is 0 Å². The average molecular weight is 403 g/mol. The molecule has 1 rings (SSSR count). The summed E-state index contributed by atoms with van der Waals surface area (Å²) in [6, 6.07) is 0. The molecule has 26 heavy (non-hydrogen) atoms. The largest absolute Gasteiger partial charge is 0.309 e. The van der Waals surface area contributed by atoms with Crippen molar-refractivity contribution in [2.75, 3.05) is 52.8 Å². The summed E-state index contributed by atoms with van der Waals surface area (Å²) in [7, 11) is 8.61. The van der Waals surface area contributed by atoms with Gasteiger partial charge in [-0.2, -0.15) is 23.5 Å². The molecule has 5 heteroatoms. The average Bonchev–Trinajstić information content (AvgIpc) is 2.57. The van der Waals surface area contributed by atoms with Crippen molar-refractivity contribution < 1.29 is 4.79 Å². The predicted octanol–water partition coefficient (Wildman–Crippen LogP) is 4.36. The third-order valence-corrected chi connectivity index (χ3v) is 8.52. The molecule has 0 N–H and O–H groups in total. The van der Waals surface area contributed by atoms with E-state index in [9.17, 15) is 4.79 Å². The molecule has 3 nitrogen and oxygen atoms in total. The van der Waals surface area contributed by atoms with Crippen LogP contribution >= 0.6 is 23.5 Å². The molecule has 1 aliphatic carbocycles. The first-order valence-corrected chi connectivity index (χ1v) is 12.4. The summed E-state index contributed by atoms with van der Waals surface area (Å²) in [5, 5.41) is 1.45. The normalized spacial score (nSPS) is 25.2. The van der Waals surface area contributed by atoms with Crippen LogP contribution in [-0.4, -0.2) is 79.4 Å². The van der Waals surface area contributed by atoms with E-state index in [1.54, 1.807) is 0 Å². The Kier molecular flexibility index (Phi) is 12.6. The Balaban J connectivity index is 2.51. The Bertz CT molecular complexity index is 377. The molecule has 0 aromatic rings. The minimum atomic E-state index is 0.304. The first-order chi connectivity index (χ1) is 12.3. The van der Waals surface area contributed by atoms with Gasteiger partial charge in [-0.3, -0.25) is 0 Å². The zero-order valence-electron chi connectivity index (χ0n) is 17.9. The second-order valence-electron chi connectivity index (χ2n) is 8.72. The lowest BCUT2D eigenvalue weighted by Crippen LogP contribution is -2.30. The summed E-state index contributed by atoms with van der Waals surface area (Å²) < 4.78 is 0. The smallest absolute Gasteiger partial charge is 0.123 e. The number of carbonyl (C=O) groups excluding carboxylic acids is 1. The first kappa shape index (κ1) is 24.3. The number of thioether (sulfide) groups is 2. The van der Waals surface area contributed by atoms with Crippen LogP contribution in [0.15, 0.2) is 0 Å². The minimum absolute atomic E-state index is 0.304. The fourth-order valence-corrected chi connectivity index (χ4v) is 6.80. The fraction of sp³-hybridized carbons (Fsp3) is 0.952. The van der Waals surface area contributed by atoms with Gasteiger partial charge in [0.2, 0.25) is 0 Å². The molecular formula is C21H42N2OS2. The molecule has 0 heterocycles. The van der Waals surface area contributed by atoms with Gasteiger partial charge in [0.1, 0.15) is 6.29 Å². The van der Waals surface area contributed by atoms with Crippen molar-refractivity contribution in [3.8, 4) is 0 Å². The zero-order valence-corrected chi connectivity index (χ0v) is 19.6. The molecule has 4 atom stereocenters. The van der Waals surface area contributed by atoms with Crippen LogP contribution in [0.25, 0.3) is 0 Å². The quantitative estimate of drug-likeness (QED) is 0.426. The lowest BCUT2D eigenvalue weighted by Gasteiger charge is -2.35. The maximum atomic E-state index is 11.3. The van der Waals surface area contributed by atoms with Crippen molar-refractivity contribution >= 4 is 29.8 Å². The lowest BCUT2D eigenvalue weighted by molar-refractivity contribution is -0.112. The van der Waals surface area contributed by atoms with Crippen molar-refractivity contribution in [1.29, 1.82) is 0 Å². The summed E-state index contributed by atoms with van der Waals surface area (Å²) in [6.07, 6.45) is 7.34. The molecule has 0 saturated heterocycles. The summed E-state index contributed by atoms with van der Waals surface area (Å²) in [5.74, 6) is 4.26. The van der Waals surface area contributed by atoms with Crippen molar-refractivity contribution in [3.63, 3.8) is 0 Å². The Morgan fingerprint density at radius 3 is 2.27 bits per heavy atom. The van der Waals surface area contributed by atoms with E-state index in [0.29, 0.717) is 11.2 Å². The standard InChI is InChI=1S/C21H42N2OS2/c1-17(2)20(25-13-11-22(3)4)10-9-19-8-7-18(16-24)15-21(19)26-14-12-23(5)6/h16-21H,7-15H2,1-6H3. The summed E-state index contributed by atoms with van der Waals surface area (Å²) in [6.45, 7) is 7.05. The highest BCUT2D eigenvalue weighted by Crippen LogP contribution is 2.39. The van der Waals surface area contributed by atoms with Gasteiger partial charge >= 0.3 is 0 Å². The highest BCUT2D eigenvalue weighted by molar-refractivity contribution is 8.00. The van der Waals surface area contributed by atoms with Crippen LogP contribution in [0.5, 0.6) is 0 Å². The predicted molar refractivity (Wildman–Crippen MR) is 121 cm³/mol. The van der Waals surface area contributed by atoms with Gasteiger partial charge < -0.3 is 14.6 Å². The molecule has 0 spiro atoms. The van der Waals surface area contributed by atoms with Crippen molar-refractivity contribution in [3.05, 3.63) is 0 Å². The van der Waals surface area contributed by atoms with Gasteiger partial charge in [-0.05, 0) is 72.1 Å². The van der Waals surface area contributed by atoms with Crippen LogP contribution in [0.2, 0.25) is 0 Å². The fourth-order valence-electron chi connectivity index (χ4n) is 3.64. The van der Waals surface area contributed by atoms with Crippen LogP contribution in [0.1, 0.15) is 46.0 Å². The van der Waals surface area contributed by atoms with Crippen molar-refractivity contribution in [1.82, 2.24) is 9.80 Å². The van der Waals surface area contributed by atoms with Gasteiger partial charge in [0.25, 0.3) is 0 Å². The Morgan fingerprint density at radius 1 is 1.04 bits per heavy atom. The molecular weight excluding hydrogens is 360 g/mol. The van der Waals surface area contributed by atoms with Crippen LogP contribution < -0.4 is 0 Å². The number of nitrogens with zero attached hydrogens (tertiary/aromatic N) is 2. The van der Waals surface area contributed by atoms with Crippen LogP contribution in [0, 0.1) is 17.8 Å². The molecule has 0 aromatic carbocycles. The summed E-state index contributed by atoms with van der Waals surface area (Å²) in [4.78, 5) is 15.8. The highest BCUT2D eigenvalue weighted by atomic mass is 32.2. The van der Waals surface area contributed by atoms with Crippen molar-refractivity contribution in [2.24, 2.45) is 17.8 Å². The van der Waals surface area contributed by atoms with E-state index in [1.807, 2.05) is 0 Å². The van der Waals surface area contributed by atoms with E-state index in [2.05, 4.69) is 75.4 Å². The maximum Gasteiger partial charge on any atom is 0.123 e. The van der Waals surface area contributed by atoms with E-state index in [0.717, 1.165) is 36.5 Å². The van der Waals surface area contributed by atoms with E-state index in [1.165, 1.54) is 43.6 Å². The second kappa shape index (κ2) is 13.5. The third-order valence-electron chi connectivity index (χ3n) is 5.47. The number of aldehydes is 1. The molecule has 1 saturated carbocycles. The Hall–Kier alpha value is 0.290. The third kappa shape index (κ3) is 10.0. The molecule has 0 radical (unpaired) electrons. The molecule has 154 valence electrons. The van der Waals surface area contributed by atoms with Crippen LogP contribution in [0.4, 0.5) is 0 Å². The second-order valence-corrected chi connectivity index (χ2v) is 11.4.